The average Bonchev–Trinajstić information content (AvgIpc) is 2.73. The summed E-state index contributed by atoms with van der Waals surface area (Å²) in [5.74, 6) is -0.377. The minimum Gasteiger partial charge on any atom is -0.484 e. The van der Waals surface area contributed by atoms with Crippen LogP contribution in [0.3, 0.4) is 0 Å². The molecule has 0 heterocycles. The van der Waals surface area contributed by atoms with Gasteiger partial charge in [-0.3, -0.25) is 4.79 Å². The van der Waals surface area contributed by atoms with Gasteiger partial charge in [0, 0.05) is 18.2 Å². The zero-order chi connectivity index (χ0) is 23.6. The summed E-state index contributed by atoms with van der Waals surface area (Å²) in [4.78, 5) is 12.4. The normalized spacial score (nSPS) is 23.8. The molecule has 3 aliphatic rings. The van der Waals surface area contributed by atoms with Crippen LogP contribution in [0.5, 0.6) is 5.75 Å². The van der Waals surface area contributed by atoms with E-state index in [4.69, 9.17) is 21.6 Å². The fourth-order valence-electron chi connectivity index (χ4n) is 4.48. The van der Waals surface area contributed by atoms with Crippen molar-refractivity contribution in [2.24, 2.45) is 11.8 Å². The molecule has 2 aromatic carbocycles. The number of hydrogen-bond acceptors (Lipinski definition) is 5. The zero-order valence-corrected chi connectivity index (χ0v) is 19.2. The predicted molar refractivity (Wildman–Crippen MR) is 120 cm³/mol. The van der Waals surface area contributed by atoms with E-state index in [0.717, 1.165) is 18.9 Å². The van der Waals surface area contributed by atoms with Crippen molar-refractivity contribution < 1.29 is 22.3 Å². The number of nitrogens with zero attached hydrogens (tertiary/aromatic N) is 1. The number of halogens is 2. The lowest BCUT2D eigenvalue weighted by Crippen LogP contribution is -2.60. The Morgan fingerprint density at radius 1 is 1.12 bits per heavy atom. The predicted octanol–water partition coefficient (Wildman–Crippen LogP) is 3.13. The first-order chi connectivity index (χ1) is 15.7. The molecule has 0 aliphatic heterocycles. The van der Waals surface area contributed by atoms with E-state index >= 15 is 0 Å². The van der Waals surface area contributed by atoms with Crippen LogP contribution in [-0.4, -0.2) is 33.0 Å². The molecule has 3 saturated carbocycles. The topological polar surface area (TPSA) is 108 Å². The second-order valence-corrected chi connectivity index (χ2v) is 10.7. The molecule has 2 aromatic rings. The molecule has 10 heteroatoms. The largest absolute Gasteiger partial charge is 0.484 e. The first kappa shape index (κ1) is 23.5. The van der Waals surface area contributed by atoms with Crippen molar-refractivity contribution in [3.05, 3.63) is 64.4 Å². The van der Waals surface area contributed by atoms with E-state index in [0.29, 0.717) is 23.5 Å². The average molecular weight is 492 g/mol. The number of rotatable bonds is 8. The number of fused-ring (bicyclic) bond motifs is 2. The van der Waals surface area contributed by atoms with Gasteiger partial charge in [-0.1, -0.05) is 23.7 Å². The fraction of sp³-hybridized carbons (Fsp3) is 0.391. The number of carbonyl (C=O) groups is 1. The van der Waals surface area contributed by atoms with Gasteiger partial charge in [0.05, 0.1) is 22.4 Å². The Labute approximate surface area is 196 Å². The number of ether oxygens (including phenoxy) is 1. The number of hydrogen-bond donors (Lipinski definition) is 2. The standard InChI is InChI=1S/C23H23ClFN3O4S/c24-19-6-5-18(9-20(19)25)32-12-23(29)27-21-10-22(17-7-16(21)8-17)28-33(30,31)13-15-3-1-14(11-26)2-4-15/h1-6,9,16-17,21-22,28H,7-8,10,12-13H2,(H,27,29). The summed E-state index contributed by atoms with van der Waals surface area (Å²) in [5.41, 5.74) is 1.07. The molecule has 0 aromatic heterocycles. The molecular weight excluding hydrogens is 469 g/mol. The molecule has 2 N–H and O–H groups in total. The lowest BCUT2D eigenvalue weighted by atomic mass is 9.60. The number of benzene rings is 2. The van der Waals surface area contributed by atoms with Crippen LogP contribution in [0.15, 0.2) is 42.5 Å². The maximum absolute atomic E-state index is 13.5. The number of sulfonamides is 1. The number of nitrogens with one attached hydrogen (secondary N) is 2. The van der Waals surface area contributed by atoms with Crippen LogP contribution in [0.4, 0.5) is 4.39 Å². The summed E-state index contributed by atoms with van der Waals surface area (Å²) in [6.45, 7) is -0.275. The van der Waals surface area contributed by atoms with E-state index in [2.05, 4.69) is 10.0 Å². The Bertz CT molecular complexity index is 1180. The molecule has 0 radical (unpaired) electrons. The molecule has 1 amide bonds. The summed E-state index contributed by atoms with van der Waals surface area (Å²) >= 11 is 5.64. The highest BCUT2D eigenvalue weighted by Crippen LogP contribution is 2.46. The van der Waals surface area contributed by atoms with Crippen LogP contribution < -0.4 is 14.8 Å². The Balaban J connectivity index is 1.30. The maximum atomic E-state index is 13.5. The smallest absolute Gasteiger partial charge is 0.258 e. The first-order valence-electron chi connectivity index (χ1n) is 10.6. The van der Waals surface area contributed by atoms with Crippen molar-refractivity contribution in [1.29, 1.82) is 5.26 Å². The quantitative estimate of drug-likeness (QED) is 0.589. The highest BCUT2D eigenvalue weighted by molar-refractivity contribution is 7.88. The molecule has 7 nitrogen and oxygen atoms in total. The highest BCUT2D eigenvalue weighted by Gasteiger charge is 2.47. The van der Waals surface area contributed by atoms with E-state index in [1.54, 1.807) is 24.3 Å². The van der Waals surface area contributed by atoms with E-state index in [1.165, 1.54) is 12.1 Å². The van der Waals surface area contributed by atoms with Crippen LogP contribution in [0.1, 0.15) is 30.4 Å². The Kier molecular flexibility index (Phi) is 6.88. The first-order valence-corrected chi connectivity index (χ1v) is 12.6. The zero-order valence-electron chi connectivity index (χ0n) is 17.6. The molecule has 5 rings (SSSR count). The summed E-state index contributed by atoms with van der Waals surface area (Å²) in [6.07, 6.45) is 2.19. The van der Waals surface area contributed by atoms with Crippen molar-refractivity contribution in [2.75, 3.05) is 6.61 Å². The third-order valence-electron chi connectivity index (χ3n) is 6.23. The second-order valence-electron chi connectivity index (χ2n) is 8.56. The molecule has 33 heavy (non-hydrogen) atoms. The number of amides is 1. The third-order valence-corrected chi connectivity index (χ3v) is 7.92. The van der Waals surface area contributed by atoms with E-state index < -0.39 is 15.8 Å². The van der Waals surface area contributed by atoms with Crippen LogP contribution in [0.25, 0.3) is 0 Å². The SMILES string of the molecule is N#Cc1ccc(CS(=O)(=O)NC2CC(NC(=O)COc3ccc(Cl)c(F)c3)C3CC2C3)cc1. The van der Waals surface area contributed by atoms with E-state index in [-0.39, 0.29) is 47.0 Å². The van der Waals surface area contributed by atoms with Crippen molar-refractivity contribution >= 4 is 27.5 Å². The van der Waals surface area contributed by atoms with E-state index in [1.807, 2.05) is 6.07 Å². The third kappa shape index (κ3) is 5.82. The molecular formula is C23H23ClFN3O4S. The van der Waals surface area contributed by atoms with Gasteiger partial charge in [-0.05, 0) is 60.9 Å². The van der Waals surface area contributed by atoms with Gasteiger partial charge in [-0.2, -0.15) is 5.26 Å². The van der Waals surface area contributed by atoms with Crippen LogP contribution in [0.2, 0.25) is 5.02 Å². The molecule has 2 atom stereocenters. The van der Waals surface area contributed by atoms with Gasteiger partial charge in [-0.15, -0.1) is 0 Å². The van der Waals surface area contributed by atoms with Gasteiger partial charge in [0.15, 0.2) is 6.61 Å². The van der Waals surface area contributed by atoms with Gasteiger partial charge in [0.25, 0.3) is 5.91 Å². The minimum atomic E-state index is -3.58. The molecule has 0 saturated heterocycles. The van der Waals surface area contributed by atoms with E-state index in [9.17, 15) is 17.6 Å². The van der Waals surface area contributed by atoms with Gasteiger partial charge < -0.3 is 10.1 Å². The maximum Gasteiger partial charge on any atom is 0.258 e. The van der Waals surface area contributed by atoms with Crippen LogP contribution in [0, 0.1) is 29.0 Å². The number of carbonyl (C=O) groups excluding carboxylic acids is 1. The minimum absolute atomic E-state index is 0.0266. The monoisotopic (exact) mass is 491 g/mol. The molecule has 174 valence electrons. The molecule has 3 aliphatic carbocycles. The van der Waals surface area contributed by atoms with Crippen molar-refractivity contribution in [3.8, 4) is 11.8 Å². The number of nitriles is 1. The van der Waals surface area contributed by atoms with Crippen molar-refractivity contribution in [1.82, 2.24) is 10.0 Å². The van der Waals surface area contributed by atoms with Crippen molar-refractivity contribution in [3.63, 3.8) is 0 Å². The molecule has 2 unspecified atom stereocenters. The Morgan fingerprint density at radius 3 is 2.48 bits per heavy atom. The molecule has 0 spiro atoms. The second kappa shape index (κ2) is 9.67. The highest BCUT2D eigenvalue weighted by atomic mass is 35.5. The van der Waals surface area contributed by atoms with Gasteiger partial charge in [0.2, 0.25) is 10.0 Å². The fourth-order valence-corrected chi connectivity index (χ4v) is 6.06. The van der Waals surface area contributed by atoms with Gasteiger partial charge >= 0.3 is 0 Å². The molecule has 2 bridgehead atoms. The lowest BCUT2D eigenvalue weighted by Gasteiger charge is -2.51. The Morgan fingerprint density at radius 2 is 1.82 bits per heavy atom. The summed E-state index contributed by atoms with van der Waals surface area (Å²) in [7, 11) is -3.58. The lowest BCUT2D eigenvalue weighted by molar-refractivity contribution is -0.125. The summed E-state index contributed by atoms with van der Waals surface area (Å²) in [6, 6.07) is 12.0. The van der Waals surface area contributed by atoms with Gasteiger partial charge in [-0.25, -0.2) is 17.5 Å². The van der Waals surface area contributed by atoms with Crippen LogP contribution in [-0.2, 0) is 20.6 Å². The Hall–Kier alpha value is -2.67. The summed E-state index contributed by atoms with van der Waals surface area (Å²) < 4.78 is 47.0. The molecule has 3 fully saturated rings. The van der Waals surface area contributed by atoms with Crippen molar-refractivity contribution in [2.45, 2.75) is 37.1 Å². The van der Waals surface area contributed by atoms with Gasteiger partial charge in [0.1, 0.15) is 11.6 Å². The van der Waals surface area contributed by atoms with Crippen LogP contribution >= 0.6 is 11.6 Å². The summed E-state index contributed by atoms with van der Waals surface area (Å²) in [5, 5.41) is 11.8.